The van der Waals surface area contributed by atoms with Crippen LogP contribution >= 0.6 is 0 Å². The highest BCUT2D eigenvalue weighted by Gasteiger charge is 2.26. The predicted octanol–water partition coefficient (Wildman–Crippen LogP) is -0.835. The molecule has 146 valence electrons. The maximum absolute atomic E-state index is 12.5. The lowest BCUT2D eigenvalue weighted by Crippen LogP contribution is -2.46. The van der Waals surface area contributed by atoms with Gasteiger partial charge in [-0.2, -0.15) is 0 Å². The highest BCUT2D eigenvalue weighted by atomic mass is 32.2. The van der Waals surface area contributed by atoms with Crippen LogP contribution in [0, 0.1) is 0 Å². The van der Waals surface area contributed by atoms with E-state index in [4.69, 9.17) is 5.73 Å². The quantitative estimate of drug-likeness (QED) is 0.610. The van der Waals surface area contributed by atoms with Crippen molar-refractivity contribution in [3.63, 3.8) is 0 Å². The number of amides is 1. The summed E-state index contributed by atoms with van der Waals surface area (Å²) >= 11 is 0. The normalized spacial score (nSPS) is 17.5. The third-order valence-corrected chi connectivity index (χ3v) is 7.57. The van der Waals surface area contributed by atoms with Gasteiger partial charge in [0.05, 0.1) is 16.3 Å². The van der Waals surface area contributed by atoms with Crippen LogP contribution in [0.3, 0.4) is 0 Å². The summed E-state index contributed by atoms with van der Waals surface area (Å²) < 4.78 is 52.8. The molecule has 0 radical (unpaired) electrons. The Hall–Kier alpha value is -1.53. The first-order valence-corrected chi connectivity index (χ1v) is 11.0. The number of sulfonamides is 2. The van der Waals surface area contributed by atoms with Gasteiger partial charge in [0.2, 0.25) is 26.0 Å². The predicted molar refractivity (Wildman–Crippen MR) is 96.3 cm³/mol. The molecular weight excluding hydrogens is 380 g/mol. The fourth-order valence-corrected chi connectivity index (χ4v) is 4.93. The lowest BCUT2D eigenvalue weighted by Gasteiger charge is -2.31. The summed E-state index contributed by atoms with van der Waals surface area (Å²) in [7, 11) is -4.54. The van der Waals surface area contributed by atoms with Gasteiger partial charge in [-0.3, -0.25) is 9.69 Å². The molecule has 1 heterocycles. The van der Waals surface area contributed by atoms with E-state index < -0.39 is 26.0 Å². The Balaban J connectivity index is 2.04. The van der Waals surface area contributed by atoms with Crippen molar-refractivity contribution in [1.29, 1.82) is 0 Å². The van der Waals surface area contributed by atoms with Gasteiger partial charge < -0.3 is 5.73 Å². The molecule has 26 heavy (non-hydrogen) atoms. The Labute approximate surface area is 154 Å². The van der Waals surface area contributed by atoms with E-state index in [9.17, 15) is 21.6 Å². The smallest absolute Gasteiger partial charge is 0.242 e. The number of likely N-dealkylation sites (tertiary alicyclic amines) is 1. The Bertz CT molecular complexity index is 843. The molecule has 0 bridgehead atoms. The van der Waals surface area contributed by atoms with Crippen molar-refractivity contribution >= 4 is 26.0 Å². The number of nitrogens with one attached hydrogen (secondary N) is 1. The Kier molecular flexibility index (Phi) is 6.40. The molecule has 1 saturated heterocycles. The summed E-state index contributed by atoms with van der Waals surface area (Å²) in [6.45, 7) is 1.33. The second-order valence-electron chi connectivity index (χ2n) is 6.40. The number of piperidine rings is 1. The summed E-state index contributed by atoms with van der Waals surface area (Å²) in [5.41, 5.74) is 5.16. The molecule has 11 heteroatoms. The summed E-state index contributed by atoms with van der Waals surface area (Å²) in [5.74, 6) is -0.406. The highest BCUT2D eigenvalue weighted by molar-refractivity contribution is 7.89. The van der Waals surface area contributed by atoms with Crippen molar-refractivity contribution in [2.75, 3.05) is 33.7 Å². The Morgan fingerprint density at radius 1 is 1.12 bits per heavy atom. The third-order valence-electron chi connectivity index (χ3n) is 4.20. The zero-order valence-corrected chi connectivity index (χ0v) is 16.4. The van der Waals surface area contributed by atoms with Crippen molar-refractivity contribution in [3.8, 4) is 0 Å². The summed E-state index contributed by atoms with van der Waals surface area (Å²) in [5, 5.41) is 0. The number of nitrogens with two attached hydrogens (primary N) is 1. The lowest BCUT2D eigenvalue weighted by atomic mass is 10.1. The molecule has 1 amide bonds. The van der Waals surface area contributed by atoms with Gasteiger partial charge in [-0.1, -0.05) is 0 Å². The summed E-state index contributed by atoms with van der Waals surface area (Å²) in [6.07, 6.45) is 1.14. The van der Waals surface area contributed by atoms with Gasteiger partial charge >= 0.3 is 0 Å². The zero-order valence-electron chi connectivity index (χ0n) is 14.8. The molecule has 9 nitrogen and oxygen atoms in total. The molecule has 1 fully saturated rings. The average molecular weight is 405 g/mol. The fourth-order valence-electron chi connectivity index (χ4n) is 2.72. The molecular formula is C15H24N4O5S2. The number of carbonyl (C=O) groups excluding carboxylic acids is 1. The van der Waals surface area contributed by atoms with Crippen LogP contribution in [0.2, 0.25) is 0 Å². The maximum Gasteiger partial charge on any atom is 0.242 e. The third kappa shape index (κ3) is 5.01. The molecule has 1 aromatic rings. The highest BCUT2D eigenvalue weighted by Crippen LogP contribution is 2.18. The average Bonchev–Trinajstić information content (AvgIpc) is 2.56. The first-order valence-electron chi connectivity index (χ1n) is 8.08. The Morgan fingerprint density at radius 3 is 2.08 bits per heavy atom. The van der Waals surface area contributed by atoms with Crippen LogP contribution in [-0.2, 0) is 24.8 Å². The van der Waals surface area contributed by atoms with E-state index in [1.165, 1.54) is 38.4 Å². The number of nitrogens with zero attached hydrogens (tertiary/aromatic N) is 2. The summed E-state index contributed by atoms with van der Waals surface area (Å²) in [6, 6.07) is 4.87. The minimum absolute atomic E-state index is 0.00905. The van der Waals surface area contributed by atoms with Gasteiger partial charge in [0.1, 0.15) is 0 Å². The van der Waals surface area contributed by atoms with Gasteiger partial charge in [-0.25, -0.2) is 25.9 Å². The standard InChI is InChI=1S/C15H24N4O5S2/c1-18(2)26(23,24)14-5-3-13(4-6-14)25(21,22)17-12-7-9-19(10-8-12)11-15(16)20/h3-6,12,17H,7-11H2,1-2H3,(H2,16,20). The monoisotopic (exact) mass is 404 g/mol. The largest absolute Gasteiger partial charge is 0.369 e. The van der Waals surface area contributed by atoms with Crippen LogP contribution in [0.15, 0.2) is 34.1 Å². The van der Waals surface area contributed by atoms with E-state index in [1.54, 1.807) is 0 Å². The van der Waals surface area contributed by atoms with Gasteiger partial charge in [-0.15, -0.1) is 0 Å². The van der Waals surface area contributed by atoms with Gasteiger partial charge in [0, 0.05) is 33.2 Å². The molecule has 1 aliphatic heterocycles. The molecule has 2 rings (SSSR count). The second-order valence-corrected chi connectivity index (χ2v) is 10.3. The van der Waals surface area contributed by atoms with Crippen molar-refractivity contribution in [2.45, 2.75) is 28.7 Å². The van der Waals surface area contributed by atoms with E-state index in [0.717, 1.165) is 4.31 Å². The fraction of sp³-hybridized carbons (Fsp3) is 0.533. The number of carbonyl (C=O) groups is 1. The van der Waals surface area contributed by atoms with Crippen molar-refractivity contribution in [3.05, 3.63) is 24.3 Å². The first-order chi connectivity index (χ1) is 12.0. The van der Waals surface area contributed by atoms with Crippen molar-refractivity contribution < 1.29 is 21.6 Å². The molecule has 0 saturated carbocycles. The number of hydrogen-bond donors (Lipinski definition) is 2. The maximum atomic E-state index is 12.5. The van der Waals surface area contributed by atoms with E-state index in [1.807, 2.05) is 4.90 Å². The summed E-state index contributed by atoms with van der Waals surface area (Å²) in [4.78, 5) is 12.8. The number of benzene rings is 1. The van der Waals surface area contributed by atoms with Crippen LogP contribution in [0.25, 0.3) is 0 Å². The molecule has 0 unspecified atom stereocenters. The van der Waals surface area contributed by atoms with E-state index in [2.05, 4.69) is 4.72 Å². The first kappa shape index (κ1) is 20.8. The van der Waals surface area contributed by atoms with Gasteiger partial charge in [0.25, 0.3) is 0 Å². The van der Waals surface area contributed by atoms with Gasteiger partial charge in [0.15, 0.2) is 0 Å². The zero-order chi connectivity index (χ0) is 19.5. The van der Waals surface area contributed by atoms with Crippen LogP contribution in [0.4, 0.5) is 0 Å². The Morgan fingerprint density at radius 2 is 1.62 bits per heavy atom. The van der Waals surface area contributed by atoms with Crippen molar-refractivity contribution in [2.24, 2.45) is 5.73 Å². The van der Waals surface area contributed by atoms with Crippen LogP contribution < -0.4 is 10.5 Å². The van der Waals surface area contributed by atoms with Crippen LogP contribution in [0.5, 0.6) is 0 Å². The van der Waals surface area contributed by atoms with E-state index in [0.29, 0.717) is 25.9 Å². The molecule has 0 atom stereocenters. The minimum atomic E-state index is -3.75. The number of rotatable bonds is 7. The molecule has 3 N–H and O–H groups in total. The molecule has 1 aliphatic rings. The minimum Gasteiger partial charge on any atom is -0.369 e. The molecule has 0 aliphatic carbocycles. The van der Waals surface area contributed by atoms with Crippen molar-refractivity contribution in [1.82, 2.24) is 13.9 Å². The number of hydrogen-bond acceptors (Lipinski definition) is 6. The van der Waals surface area contributed by atoms with E-state index >= 15 is 0 Å². The molecule has 0 spiro atoms. The topological polar surface area (TPSA) is 130 Å². The van der Waals surface area contributed by atoms with E-state index in [-0.39, 0.29) is 22.4 Å². The molecule has 1 aromatic carbocycles. The lowest BCUT2D eigenvalue weighted by molar-refractivity contribution is -0.119. The van der Waals surface area contributed by atoms with Crippen LogP contribution in [0.1, 0.15) is 12.8 Å². The van der Waals surface area contributed by atoms with Gasteiger partial charge in [-0.05, 0) is 37.1 Å². The number of primary amides is 1. The second kappa shape index (κ2) is 8.01. The SMILES string of the molecule is CN(C)S(=O)(=O)c1ccc(S(=O)(=O)NC2CCN(CC(N)=O)CC2)cc1. The van der Waals surface area contributed by atoms with Crippen LogP contribution in [-0.4, -0.2) is 71.7 Å². The molecule has 0 aromatic heterocycles.